The molecule has 0 amide bonds. The molecule has 0 radical (unpaired) electrons. The van der Waals surface area contributed by atoms with Crippen LogP contribution in [0.4, 0.5) is 4.39 Å². The molecule has 27 heavy (non-hydrogen) atoms. The average molecular weight is 378 g/mol. The highest BCUT2D eigenvalue weighted by Crippen LogP contribution is 2.58. The lowest BCUT2D eigenvalue weighted by Crippen LogP contribution is -2.58. The zero-order valence-electron chi connectivity index (χ0n) is 17.3. The first kappa shape index (κ1) is 20.3. The number of fused-ring (bicyclic) bond motifs is 2. The molecule has 5 heteroatoms. The zero-order valence-corrected chi connectivity index (χ0v) is 17.3. The molecule has 4 unspecified atom stereocenters. The van der Waals surface area contributed by atoms with Crippen molar-refractivity contribution >= 4 is 5.97 Å². The fourth-order valence-electron chi connectivity index (χ4n) is 5.41. The van der Waals surface area contributed by atoms with Gasteiger partial charge in [0.15, 0.2) is 0 Å². The molecule has 1 aromatic carbocycles. The molecule has 0 spiro atoms. The summed E-state index contributed by atoms with van der Waals surface area (Å²) in [6.07, 6.45) is 3.83. The van der Waals surface area contributed by atoms with Crippen LogP contribution in [0.5, 0.6) is 5.75 Å². The third-order valence-corrected chi connectivity index (χ3v) is 6.30. The van der Waals surface area contributed by atoms with Gasteiger partial charge in [0.2, 0.25) is 0 Å². The number of rotatable bonds is 3. The molecule has 2 aliphatic carbocycles. The van der Waals surface area contributed by atoms with E-state index in [1.165, 1.54) is 12.1 Å². The van der Waals surface area contributed by atoms with Crippen molar-refractivity contribution in [2.24, 2.45) is 16.7 Å². The second-order valence-corrected chi connectivity index (χ2v) is 10.1. The Balaban J connectivity index is 2.02. The van der Waals surface area contributed by atoms with Crippen molar-refractivity contribution in [2.75, 3.05) is 14.1 Å². The van der Waals surface area contributed by atoms with Gasteiger partial charge < -0.3 is 14.7 Å². The summed E-state index contributed by atoms with van der Waals surface area (Å²) in [7, 11) is 3.94. The second-order valence-electron chi connectivity index (χ2n) is 10.1. The van der Waals surface area contributed by atoms with E-state index in [1.54, 1.807) is 26.8 Å². The standard InChI is InChI=1S/C22H32FNO3/c1-20(2,3)19(25)27-17-10-15(9-16(23)11-17)22(26)13-14-7-8-21(4,12-14)18(22)24(5)6/h9-11,14,18,26H,7-8,12-13H2,1-6H3. The van der Waals surface area contributed by atoms with E-state index in [4.69, 9.17) is 4.74 Å². The molecule has 0 aromatic heterocycles. The molecule has 150 valence electrons. The summed E-state index contributed by atoms with van der Waals surface area (Å²) in [6, 6.07) is 4.10. The van der Waals surface area contributed by atoms with Crippen molar-refractivity contribution in [3.63, 3.8) is 0 Å². The van der Waals surface area contributed by atoms with Crippen LogP contribution in [0, 0.1) is 22.6 Å². The summed E-state index contributed by atoms with van der Waals surface area (Å²) in [5.41, 5.74) is -1.39. The first-order chi connectivity index (χ1) is 12.3. The van der Waals surface area contributed by atoms with Crippen LogP contribution < -0.4 is 4.74 Å². The number of hydrogen-bond donors (Lipinski definition) is 1. The summed E-state index contributed by atoms with van der Waals surface area (Å²) in [6.45, 7) is 7.49. The minimum atomic E-state index is -1.18. The normalized spacial score (nSPS) is 33.4. The largest absolute Gasteiger partial charge is 0.426 e. The first-order valence-electron chi connectivity index (χ1n) is 9.77. The number of aliphatic hydroxyl groups is 1. The number of nitrogens with zero attached hydrogens (tertiary/aromatic N) is 1. The Bertz CT molecular complexity index is 742. The second kappa shape index (κ2) is 6.56. The monoisotopic (exact) mass is 377 g/mol. The van der Waals surface area contributed by atoms with E-state index in [0.29, 0.717) is 17.9 Å². The number of hydrogen-bond acceptors (Lipinski definition) is 4. The van der Waals surface area contributed by atoms with Gasteiger partial charge in [-0.05, 0) is 89.6 Å². The van der Waals surface area contributed by atoms with Crippen molar-refractivity contribution < 1.29 is 19.0 Å². The van der Waals surface area contributed by atoms with Crippen LogP contribution in [-0.2, 0) is 10.4 Å². The molecule has 0 heterocycles. The maximum Gasteiger partial charge on any atom is 0.316 e. The minimum Gasteiger partial charge on any atom is -0.426 e. The number of ether oxygens (including phenoxy) is 1. The molecule has 2 bridgehead atoms. The Morgan fingerprint density at radius 1 is 1.26 bits per heavy atom. The Morgan fingerprint density at radius 3 is 2.52 bits per heavy atom. The van der Waals surface area contributed by atoms with Crippen LogP contribution in [0.2, 0.25) is 0 Å². The predicted octanol–water partition coefficient (Wildman–Crippen LogP) is 4.11. The highest BCUT2D eigenvalue weighted by Gasteiger charge is 2.58. The van der Waals surface area contributed by atoms with E-state index >= 15 is 0 Å². The molecule has 2 saturated carbocycles. The lowest BCUT2D eigenvalue weighted by Gasteiger charge is -2.52. The average Bonchev–Trinajstić information content (AvgIpc) is 2.81. The Labute approximate surface area is 161 Å². The summed E-state index contributed by atoms with van der Waals surface area (Å²) >= 11 is 0. The maximum absolute atomic E-state index is 14.4. The third-order valence-electron chi connectivity index (χ3n) is 6.30. The van der Waals surface area contributed by atoms with Gasteiger partial charge in [0, 0.05) is 12.1 Å². The minimum absolute atomic E-state index is 0.0181. The molecule has 2 aliphatic rings. The number of esters is 1. The lowest BCUT2D eigenvalue weighted by molar-refractivity contribution is -0.143. The van der Waals surface area contributed by atoms with Crippen LogP contribution in [0.3, 0.4) is 0 Å². The molecule has 2 fully saturated rings. The van der Waals surface area contributed by atoms with Crippen molar-refractivity contribution in [1.29, 1.82) is 0 Å². The van der Waals surface area contributed by atoms with Gasteiger partial charge in [-0.1, -0.05) is 6.92 Å². The maximum atomic E-state index is 14.4. The lowest BCUT2D eigenvalue weighted by atomic mass is 9.62. The molecule has 4 nitrogen and oxygen atoms in total. The predicted molar refractivity (Wildman–Crippen MR) is 103 cm³/mol. The smallest absolute Gasteiger partial charge is 0.316 e. The Morgan fingerprint density at radius 2 is 1.93 bits per heavy atom. The summed E-state index contributed by atoms with van der Waals surface area (Å²) in [5, 5.41) is 11.8. The van der Waals surface area contributed by atoms with Gasteiger partial charge >= 0.3 is 5.97 Å². The first-order valence-corrected chi connectivity index (χ1v) is 9.77. The topological polar surface area (TPSA) is 49.8 Å². The van der Waals surface area contributed by atoms with Crippen molar-refractivity contribution in [3.8, 4) is 5.75 Å². The molecular formula is C22H32FNO3. The summed E-state index contributed by atoms with van der Waals surface area (Å²) in [5.74, 6) is -0.344. The number of benzene rings is 1. The van der Waals surface area contributed by atoms with E-state index in [0.717, 1.165) is 19.3 Å². The van der Waals surface area contributed by atoms with Crippen LogP contribution in [-0.4, -0.2) is 36.1 Å². The van der Waals surface area contributed by atoms with Gasteiger partial charge in [-0.3, -0.25) is 4.79 Å². The number of likely N-dealkylation sites (N-methyl/N-ethyl adjacent to an activating group) is 1. The van der Waals surface area contributed by atoms with Crippen LogP contribution in [0.25, 0.3) is 0 Å². The molecule has 4 atom stereocenters. The van der Waals surface area contributed by atoms with E-state index < -0.39 is 22.8 Å². The van der Waals surface area contributed by atoms with Gasteiger partial charge in [-0.25, -0.2) is 4.39 Å². The highest BCUT2D eigenvalue weighted by atomic mass is 19.1. The SMILES string of the molecule is CN(C)C1C2(C)CCC(C2)CC1(O)c1cc(F)cc(OC(=O)C(C)(C)C)c1. The van der Waals surface area contributed by atoms with E-state index in [9.17, 15) is 14.3 Å². The summed E-state index contributed by atoms with van der Waals surface area (Å²) < 4.78 is 19.8. The van der Waals surface area contributed by atoms with Crippen LogP contribution >= 0.6 is 0 Å². The molecule has 1 aromatic rings. The highest BCUT2D eigenvalue weighted by molar-refractivity contribution is 5.77. The third kappa shape index (κ3) is 3.64. The molecule has 0 saturated heterocycles. The number of carbonyl (C=O) groups is 1. The quantitative estimate of drug-likeness (QED) is 0.636. The molecule has 1 N–H and O–H groups in total. The number of carbonyl (C=O) groups excluding carboxylic acids is 1. The van der Waals surface area contributed by atoms with E-state index in [-0.39, 0.29) is 17.2 Å². The fourth-order valence-corrected chi connectivity index (χ4v) is 5.41. The fraction of sp³-hybridized carbons (Fsp3) is 0.682. The van der Waals surface area contributed by atoms with Crippen LogP contribution in [0.15, 0.2) is 18.2 Å². The molecule has 3 rings (SSSR count). The van der Waals surface area contributed by atoms with E-state index in [1.807, 2.05) is 14.1 Å². The van der Waals surface area contributed by atoms with Gasteiger partial charge in [0.05, 0.1) is 5.41 Å². The van der Waals surface area contributed by atoms with Crippen LogP contribution in [0.1, 0.15) is 58.9 Å². The Kier molecular flexibility index (Phi) is 4.92. The van der Waals surface area contributed by atoms with Crippen molar-refractivity contribution in [1.82, 2.24) is 4.90 Å². The molecular weight excluding hydrogens is 345 g/mol. The van der Waals surface area contributed by atoms with Crippen molar-refractivity contribution in [2.45, 2.75) is 65.0 Å². The van der Waals surface area contributed by atoms with Crippen molar-refractivity contribution in [3.05, 3.63) is 29.6 Å². The number of halogens is 1. The van der Waals surface area contributed by atoms with Gasteiger partial charge in [-0.2, -0.15) is 0 Å². The Hall–Kier alpha value is -1.46. The van der Waals surface area contributed by atoms with Gasteiger partial charge in [-0.15, -0.1) is 0 Å². The zero-order chi connectivity index (χ0) is 20.2. The van der Waals surface area contributed by atoms with E-state index in [2.05, 4.69) is 11.8 Å². The summed E-state index contributed by atoms with van der Waals surface area (Å²) in [4.78, 5) is 14.3. The molecule has 0 aliphatic heterocycles. The van der Waals surface area contributed by atoms with Gasteiger partial charge in [0.1, 0.15) is 17.2 Å². The van der Waals surface area contributed by atoms with Gasteiger partial charge in [0.25, 0.3) is 0 Å².